The summed E-state index contributed by atoms with van der Waals surface area (Å²) in [6.45, 7) is 0. The summed E-state index contributed by atoms with van der Waals surface area (Å²) in [7, 11) is 0. The summed E-state index contributed by atoms with van der Waals surface area (Å²) < 4.78 is 1.47. The van der Waals surface area contributed by atoms with Crippen LogP contribution in [0.5, 0.6) is 0 Å². The van der Waals surface area contributed by atoms with Crippen molar-refractivity contribution in [1.82, 2.24) is 19.6 Å². The van der Waals surface area contributed by atoms with Crippen molar-refractivity contribution in [2.75, 3.05) is 11.2 Å². The van der Waals surface area contributed by atoms with Gasteiger partial charge in [0, 0.05) is 0 Å². The normalized spacial score (nSPS) is 10.4. The Labute approximate surface area is 67.4 Å². The molecule has 5 N–H and O–H groups in total. The number of aromatic nitrogens is 4. The second-order valence-electron chi connectivity index (χ2n) is 2.17. The van der Waals surface area contributed by atoms with Gasteiger partial charge in [0.1, 0.15) is 6.33 Å². The van der Waals surface area contributed by atoms with Gasteiger partial charge in [0.2, 0.25) is 0 Å². The summed E-state index contributed by atoms with van der Waals surface area (Å²) in [5.74, 6) is 6.09. The highest BCUT2D eigenvalue weighted by atomic mass is 15.4. The number of nitrogen functional groups attached to an aromatic ring is 2. The molecule has 62 valence electrons. The highest BCUT2D eigenvalue weighted by Gasteiger charge is 2.04. The van der Waals surface area contributed by atoms with E-state index < -0.39 is 0 Å². The third-order valence-electron chi connectivity index (χ3n) is 1.48. The number of hydrazine groups is 1. The van der Waals surface area contributed by atoms with Crippen molar-refractivity contribution in [3.63, 3.8) is 0 Å². The molecule has 0 aromatic carbocycles. The smallest absolute Gasteiger partial charge is 0.198 e. The van der Waals surface area contributed by atoms with Crippen LogP contribution in [-0.2, 0) is 0 Å². The average Bonchev–Trinajstić information content (AvgIpc) is 2.49. The van der Waals surface area contributed by atoms with Gasteiger partial charge in [-0.3, -0.25) is 0 Å². The molecule has 7 heteroatoms. The summed E-state index contributed by atoms with van der Waals surface area (Å²) >= 11 is 0. The summed E-state index contributed by atoms with van der Waals surface area (Å²) in [6.07, 6.45) is 2.87. The fraction of sp³-hybridized carbons (Fsp3) is 0. The van der Waals surface area contributed by atoms with E-state index in [1.165, 1.54) is 17.0 Å². The molecule has 0 radical (unpaired) electrons. The van der Waals surface area contributed by atoms with Crippen molar-refractivity contribution in [2.45, 2.75) is 0 Å². The van der Waals surface area contributed by atoms with Crippen molar-refractivity contribution in [2.24, 2.45) is 5.84 Å². The fourth-order valence-corrected chi connectivity index (χ4v) is 0.933. The van der Waals surface area contributed by atoms with Gasteiger partial charge in [-0.25, -0.2) is 15.8 Å². The second kappa shape index (κ2) is 2.31. The molecule has 2 rings (SSSR count). The summed E-state index contributed by atoms with van der Waals surface area (Å²) in [4.78, 5) is 7.73. The SMILES string of the molecule is NNc1cnc2c(N)ncnn12. The zero-order chi connectivity index (χ0) is 8.55. The Balaban J connectivity index is 2.80. The highest BCUT2D eigenvalue weighted by Crippen LogP contribution is 2.11. The van der Waals surface area contributed by atoms with Crippen LogP contribution in [0.3, 0.4) is 0 Å². The molecule has 2 aromatic rings. The number of nitrogens with one attached hydrogen (secondary N) is 1. The summed E-state index contributed by atoms with van der Waals surface area (Å²) in [6, 6.07) is 0. The Kier molecular flexibility index (Phi) is 1.31. The van der Waals surface area contributed by atoms with Crippen molar-refractivity contribution >= 4 is 17.3 Å². The number of anilines is 2. The van der Waals surface area contributed by atoms with Gasteiger partial charge in [-0.15, -0.1) is 0 Å². The maximum Gasteiger partial charge on any atom is 0.198 e. The van der Waals surface area contributed by atoms with Crippen molar-refractivity contribution < 1.29 is 0 Å². The minimum absolute atomic E-state index is 0.325. The number of rotatable bonds is 1. The molecule has 0 aliphatic heterocycles. The van der Waals surface area contributed by atoms with Crippen LogP contribution in [0.25, 0.3) is 5.65 Å². The molecule has 7 nitrogen and oxygen atoms in total. The molecule has 0 saturated carbocycles. The molecule has 0 unspecified atom stereocenters. The number of hydrogen-bond donors (Lipinski definition) is 3. The van der Waals surface area contributed by atoms with E-state index in [9.17, 15) is 0 Å². The van der Waals surface area contributed by atoms with Crippen LogP contribution < -0.4 is 17.0 Å². The molecule has 0 spiro atoms. The maximum atomic E-state index is 5.52. The van der Waals surface area contributed by atoms with E-state index in [-0.39, 0.29) is 0 Å². The lowest BCUT2D eigenvalue weighted by atomic mass is 10.7. The first-order valence-corrected chi connectivity index (χ1v) is 3.24. The third-order valence-corrected chi connectivity index (χ3v) is 1.48. The Morgan fingerprint density at radius 3 is 3.00 bits per heavy atom. The van der Waals surface area contributed by atoms with Crippen LogP contribution in [0.1, 0.15) is 0 Å². The van der Waals surface area contributed by atoms with Gasteiger partial charge < -0.3 is 11.2 Å². The Bertz CT molecular complexity index is 405. The highest BCUT2D eigenvalue weighted by molar-refractivity contribution is 5.62. The zero-order valence-electron chi connectivity index (χ0n) is 6.10. The second-order valence-corrected chi connectivity index (χ2v) is 2.17. The quantitative estimate of drug-likeness (QED) is 0.369. The van der Waals surface area contributed by atoms with Gasteiger partial charge in [0.05, 0.1) is 6.20 Å². The van der Waals surface area contributed by atoms with Crippen LogP contribution in [0, 0.1) is 0 Å². The largest absolute Gasteiger partial charge is 0.381 e. The predicted octanol–water partition coefficient (Wildman–Crippen LogP) is -1.01. The van der Waals surface area contributed by atoms with Gasteiger partial charge >= 0.3 is 0 Å². The van der Waals surface area contributed by atoms with Gasteiger partial charge in [0.25, 0.3) is 0 Å². The number of hydrogen-bond acceptors (Lipinski definition) is 6. The molecule has 0 amide bonds. The van der Waals surface area contributed by atoms with Gasteiger partial charge in [-0.2, -0.15) is 9.61 Å². The van der Waals surface area contributed by atoms with Crippen molar-refractivity contribution in [3.8, 4) is 0 Å². The van der Waals surface area contributed by atoms with Gasteiger partial charge in [0.15, 0.2) is 17.3 Å². The lowest BCUT2D eigenvalue weighted by Gasteiger charge is -1.97. The van der Waals surface area contributed by atoms with E-state index >= 15 is 0 Å². The minimum Gasteiger partial charge on any atom is -0.381 e. The zero-order valence-corrected chi connectivity index (χ0v) is 6.10. The molecule has 0 saturated heterocycles. The van der Waals surface area contributed by atoms with Crippen molar-refractivity contribution in [1.29, 1.82) is 0 Å². The predicted molar refractivity (Wildman–Crippen MR) is 43.0 cm³/mol. The van der Waals surface area contributed by atoms with Gasteiger partial charge in [-0.05, 0) is 0 Å². The van der Waals surface area contributed by atoms with Crippen LogP contribution in [0.2, 0.25) is 0 Å². The van der Waals surface area contributed by atoms with Gasteiger partial charge in [-0.1, -0.05) is 0 Å². The fourth-order valence-electron chi connectivity index (χ4n) is 0.933. The molecule has 12 heavy (non-hydrogen) atoms. The summed E-state index contributed by atoms with van der Waals surface area (Å²) in [5.41, 5.74) is 8.44. The standard InChI is InChI=1S/C5H7N7/c6-4-5-8-1-3(11-7)12(5)10-2-9-4/h1-2,11H,7H2,(H2,6,9,10). The number of imidazole rings is 1. The van der Waals surface area contributed by atoms with E-state index in [1.54, 1.807) is 0 Å². The molecule has 0 atom stereocenters. The molecular formula is C5H7N7. The molecule has 0 aliphatic rings. The molecule has 2 heterocycles. The van der Waals surface area contributed by atoms with E-state index in [0.29, 0.717) is 17.3 Å². The van der Waals surface area contributed by atoms with E-state index in [1.807, 2.05) is 0 Å². The van der Waals surface area contributed by atoms with Crippen LogP contribution >= 0.6 is 0 Å². The molecule has 0 fully saturated rings. The number of nitrogens with two attached hydrogens (primary N) is 2. The number of fused-ring (bicyclic) bond motifs is 1. The minimum atomic E-state index is 0.325. The van der Waals surface area contributed by atoms with Crippen LogP contribution in [0.4, 0.5) is 11.6 Å². The van der Waals surface area contributed by atoms with Crippen molar-refractivity contribution in [3.05, 3.63) is 12.5 Å². The lowest BCUT2D eigenvalue weighted by Crippen LogP contribution is -2.10. The molecular weight excluding hydrogens is 158 g/mol. The Hall–Kier alpha value is -1.89. The Morgan fingerprint density at radius 1 is 1.42 bits per heavy atom. The molecule has 0 aliphatic carbocycles. The third kappa shape index (κ3) is 0.768. The van der Waals surface area contributed by atoms with Crippen LogP contribution in [0.15, 0.2) is 12.5 Å². The monoisotopic (exact) mass is 165 g/mol. The maximum absolute atomic E-state index is 5.52. The van der Waals surface area contributed by atoms with E-state index in [4.69, 9.17) is 11.6 Å². The number of nitrogens with zero attached hydrogens (tertiary/aromatic N) is 4. The first kappa shape index (κ1) is 6.80. The molecule has 0 bridgehead atoms. The topological polar surface area (TPSA) is 107 Å². The first-order chi connectivity index (χ1) is 5.83. The summed E-state index contributed by atoms with van der Waals surface area (Å²) in [5, 5.41) is 3.89. The first-order valence-electron chi connectivity index (χ1n) is 3.24. The van der Waals surface area contributed by atoms with E-state index in [2.05, 4.69) is 20.5 Å². The van der Waals surface area contributed by atoms with Crippen LogP contribution in [-0.4, -0.2) is 19.6 Å². The Morgan fingerprint density at radius 2 is 2.25 bits per heavy atom. The average molecular weight is 165 g/mol. The lowest BCUT2D eigenvalue weighted by molar-refractivity contribution is 0.901. The van der Waals surface area contributed by atoms with E-state index in [0.717, 1.165) is 0 Å². The molecule has 2 aromatic heterocycles.